The Bertz CT molecular complexity index is 332. The largest absolute Gasteiger partial charge is 0.329 e. The van der Waals surface area contributed by atoms with Crippen LogP contribution in [0.2, 0.25) is 0 Å². The number of hydrogen-bond acceptors (Lipinski definition) is 2. The maximum atomic E-state index is 5.89. The molecule has 1 aromatic rings. The zero-order valence-corrected chi connectivity index (χ0v) is 11.3. The van der Waals surface area contributed by atoms with Gasteiger partial charge in [0, 0.05) is 23.6 Å². The van der Waals surface area contributed by atoms with E-state index in [0.29, 0.717) is 12.6 Å². The summed E-state index contributed by atoms with van der Waals surface area (Å²) < 4.78 is 1.12. The lowest BCUT2D eigenvalue weighted by Crippen LogP contribution is -2.32. The zero-order chi connectivity index (χ0) is 11.5. The maximum absolute atomic E-state index is 5.89. The van der Waals surface area contributed by atoms with E-state index in [1.54, 1.807) is 0 Å². The average Bonchev–Trinajstić information content (AvgIpc) is 3.06. The third-order valence-corrected chi connectivity index (χ3v) is 3.78. The van der Waals surface area contributed by atoms with Gasteiger partial charge in [0.2, 0.25) is 0 Å². The van der Waals surface area contributed by atoms with E-state index in [0.717, 1.165) is 10.4 Å². The standard InChI is InChI=1S/C13H19BrN2/c1-16(9-10-2-3-10)13(8-15)11-4-6-12(14)7-5-11/h4-7,10,13H,2-3,8-9,15H2,1H3. The summed E-state index contributed by atoms with van der Waals surface area (Å²) in [5, 5.41) is 0. The fourth-order valence-corrected chi connectivity index (χ4v) is 2.35. The van der Waals surface area contributed by atoms with Gasteiger partial charge in [-0.05, 0) is 43.5 Å². The van der Waals surface area contributed by atoms with Crippen LogP contribution >= 0.6 is 15.9 Å². The van der Waals surface area contributed by atoms with E-state index in [4.69, 9.17) is 5.73 Å². The molecule has 0 radical (unpaired) electrons. The summed E-state index contributed by atoms with van der Waals surface area (Å²) in [5.41, 5.74) is 7.20. The Hall–Kier alpha value is -0.380. The first-order valence-electron chi connectivity index (χ1n) is 5.86. The molecule has 0 heterocycles. The van der Waals surface area contributed by atoms with Crippen LogP contribution in [0.4, 0.5) is 0 Å². The first-order valence-corrected chi connectivity index (χ1v) is 6.65. The van der Waals surface area contributed by atoms with Crippen LogP contribution in [0.15, 0.2) is 28.7 Å². The molecule has 0 aromatic heterocycles. The van der Waals surface area contributed by atoms with Crippen LogP contribution < -0.4 is 5.73 Å². The molecule has 1 aliphatic rings. The van der Waals surface area contributed by atoms with Crippen LogP contribution in [0, 0.1) is 5.92 Å². The van der Waals surface area contributed by atoms with Crippen molar-refractivity contribution in [3.05, 3.63) is 34.3 Å². The Morgan fingerprint density at radius 3 is 2.50 bits per heavy atom. The molecule has 1 unspecified atom stereocenters. The third kappa shape index (κ3) is 3.06. The van der Waals surface area contributed by atoms with Gasteiger partial charge in [0.1, 0.15) is 0 Å². The number of likely N-dealkylation sites (N-methyl/N-ethyl adjacent to an activating group) is 1. The van der Waals surface area contributed by atoms with E-state index < -0.39 is 0 Å². The molecule has 2 nitrogen and oxygen atoms in total. The second-order valence-electron chi connectivity index (χ2n) is 4.69. The molecule has 0 bridgehead atoms. The number of halogens is 1. The molecule has 2 N–H and O–H groups in total. The van der Waals surface area contributed by atoms with E-state index in [2.05, 4.69) is 52.1 Å². The van der Waals surface area contributed by atoms with Crippen molar-refractivity contribution >= 4 is 15.9 Å². The highest BCUT2D eigenvalue weighted by atomic mass is 79.9. The van der Waals surface area contributed by atoms with Crippen molar-refractivity contribution in [2.75, 3.05) is 20.1 Å². The predicted octanol–water partition coefficient (Wildman–Crippen LogP) is 2.79. The van der Waals surface area contributed by atoms with Crippen molar-refractivity contribution in [2.45, 2.75) is 18.9 Å². The fraction of sp³-hybridized carbons (Fsp3) is 0.538. The van der Waals surface area contributed by atoms with Crippen LogP contribution in [0.25, 0.3) is 0 Å². The molecule has 0 amide bonds. The second kappa shape index (κ2) is 5.30. The average molecular weight is 283 g/mol. The Balaban J connectivity index is 2.04. The lowest BCUT2D eigenvalue weighted by molar-refractivity contribution is 0.240. The SMILES string of the molecule is CN(CC1CC1)C(CN)c1ccc(Br)cc1. The Morgan fingerprint density at radius 1 is 1.38 bits per heavy atom. The van der Waals surface area contributed by atoms with Crippen molar-refractivity contribution in [2.24, 2.45) is 11.7 Å². The van der Waals surface area contributed by atoms with Crippen LogP contribution in [0.5, 0.6) is 0 Å². The molecule has 1 atom stereocenters. The molecule has 0 aliphatic heterocycles. The molecule has 0 saturated heterocycles. The summed E-state index contributed by atoms with van der Waals surface area (Å²) in [6.07, 6.45) is 2.78. The summed E-state index contributed by atoms with van der Waals surface area (Å²) >= 11 is 3.46. The lowest BCUT2D eigenvalue weighted by Gasteiger charge is -2.27. The number of benzene rings is 1. The van der Waals surface area contributed by atoms with Crippen molar-refractivity contribution in [3.63, 3.8) is 0 Å². The van der Waals surface area contributed by atoms with E-state index in [1.165, 1.54) is 24.9 Å². The molecule has 1 aliphatic carbocycles. The zero-order valence-electron chi connectivity index (χ0n) is 9.70. The highest BCUT2D eigenvalue weighted by Gasteiger charge is 2.26. The number of nitrogens with zero attached hydrogens (tertiary/aromatic N) is 1. The molecule has 3 heteroatoms. The second-order valence-corrected chi connectivity index (χ2v) is 5.60. The van der Waals surface area contributed by atoms with Gasteiger partial charge in [-0.3, -0.25) is 4.90 Å². The molecule has 0 spiro atoms. The summed E-state index contributed by atoms with van der Waals surface area (Å²) in [4.78, 5) is 2.39. The highest BCUT2D eigenvalue weighted by Crippen LogP contribution is 2.32. The normalized spacial score (nSPS) is 17.8. The fourth-order valence-electron chi connectivity index (χ4n) is 2.09. The maximum Gasteiger partial charge on any atom is 0.0467 e. The highest BCUT2D eigenvalue weighted by molar-refractivity contribution is 9.10. The smallest absolute Gasteiger partial charge is 0.0467 e. The Morgan fingerprint density at radius 2 is 2.00 bits per heavy atom. The first-order chi connectivity index (χ1) is 7.70. The molecule has 1 aromatic carbocycles. The molecular weight excluding hydrogens is 264 g/mol. The van der Waals surface area contributed by atoms with Gasteiger partial charge in [-0.25, -0.2) is 0 Å². The van der Waals surface area contributed by atoms with Crippen molar-refractivity contribution in [1.29, 1.82) is 0 Å². The Kier molecular flexibility index (Phi) is 4.00. The first kappa shape index (κ1) is 12.1. The molecule has 1 fully saturated rings. The van der Waals surface area contributed by atoms with Gasteiger partial charge in [0.05, 0.1) is 0 Å². The van der Waals surface area contributed by atoms with Gasteiger partial charge in [0.25, 0.3) is 0 Å². The van der Waals surface area contributed by atoms with E-state index in [1.807, 2.05) is 0 Å². The summed E-state index contributed by atoms with van der Waals surface area (Å²) in [7, 11) is 2.18. The molecule has 2 rings (SSSR count). The minimum atomic E-state index is 0.355. The monoisotopic (exact) mass is 282 g/mol. The van der Waals surface area contributed by atoms with Gasteiger partial charge >= 0.3 is 0 Å². The van der Waals surface area contributed by atoms with Gasteiger partial charge < -0.3 is 5.73 Å². The van der Waals surface area contributed by atoms with Crippen molar-refractivity contribution in [1.82, 2.24) is 4.90 Å². The molecule has 88 valence electrons. The molecule has 1 saturated carbocycles. The quantitative estimate of drug-likeness (QED) is 0.900. The van der Waals surface area contributed by atoms with Gasteiger partial charge in [0.15, 0.2) is 0 Å². The van der Waals surface area contributed by atoms with Crippen LogP contribution in [-0.2, 0) is 0 Å². The number of hydrogen-bond donors (Lipinski definition) is 1. The number of nitrogens with two attached hydrogens (primary N) is 1. The van der Waals surface area contributed by atoms with Crippen LogP contribution in [-0.4, -0.2) is 25.0 Å². The van der Waals surface area contributed by atoms with E-state index in [9.17, 15) is 0 Å². The number of rotatable bonds is 5. The minimum Gasteiger partial charge on any atom is -0.329 e. The van der Waals surface area contributed by atoms with Crippen LogP contribution in [0.1, 0.15) is 24.4 Å². The summed E-state index contributed by atoms with van der Waals surface area (Å²) in [5.74, 6) is 0.912. The summed E-state index contributed by atoms with van der Waals surface area (Å²) in [6, 6.07) is 8.84. The van der Waals surface area contributed by atoms with Gasteiger partial charge in [-0.15, -0.1) is 0 Å². The molecule has 16 heavy (non-hydrogen) atoms. The van der Waals surface area contributed by atoms with E-state index >= 15 is 0 Å². The lowest BCUT2D eigenvalue weighted by atomic mass is 10.1. The molecular formula is C13H19BrN2. The van der Waals surface area contributed by atoms with Crippen molar-refractivity contribution < 1.29 is 0 Å². The Labute approximate surface area is 106 Å². The van der Waals surface area contributed by atoms with Crippen LogP contribution in [0.3, 0.4) is 0 Å². The minimum absolute atomic E-state index is 0.355. The predicted molar refractivity (Wildman–Crippen MR) is 71.3 cm³/mol. The van der Waals surface area contributed by atoms with Gasteiger partial charge in [-0.1, -0.05) is 28.1 Å². The summed E-state index contributed by atoms with van der Waals surface area (Å²) in [6.45, 7) is 1.86. The third-order valence-electron chi connectivity index (χ3n) is 3.25. The van der Waals surface area contributed by atoms with Gasteiger partial charge in [-0.2, -0.15) is 0 Å². The van der Waals surface area contributed by atoms with E-state index in [-0.39, 0.29) is 0 Å². The topological polar surface area (TPSA) is 29.3 Å². The van der Waals surface area contributed by atoms with Crippen molar-refractivity contribution in [3.8, 4) is 0 Å².